The highest BCUT2D eigenvalue weighted by Gasteiger charge is 2.62. The molecule has 0 radical (unpaired) electrons. The van der Waals surface area contributed by atoms with Crippen LogP contribution in [0.3, 0.4) is 0 Å². The van der Waals surface area contributed by atoms with Crippen molar-refractivity contribution in [3.8, 4) is 5.75 Å². The fraction of sp³-hybridized carbons (Fsp3) is 0.579. The molecule has 0 unspecified atom stereocenters. The highest BCUT2D eigenvalue weighted by molar-refractivity contribution is 7.91. The zero-order valence-corrected chi connectivity index (χ0v) is 30.3. The first-order chi connectivity index (χ1) is 23.6. The summed E-state index contributed by atoms with van der Waals surface area (Å²) in [6.45, 7) is 11.7. The first kappa shape index (κ1) is 35.9. The minimum absolute atomic E-state index is 0.0376. The van der Waals surface area contributed by atoms with Gasteiger partial charge in [0.15, 0.2) is 0 Å². The second-order valence-corrected chi connectivity index (χ2v) is 17.6. The van der Waals surface area contributed by atoms with Crippen LogP contribution < -0.4 is 20.1 Å². The summed E-state index contributed by atoms with van der Waals surface area (Å²) in [6, 6.07) is 11.2. The molecule has 4 bridgehead atoms. The van der Waals surface area contributed by atoms with Gasteiger partial charge in [-0.2, -0.15) is 0 Å². The summed E-state index contributed by atoms with van der Waals surface area (Å²) in [4.78, 5) is 57.0. The van der Waals surface area contributed by atoms with E-state index in [-0.39, 0.29) is 43.5 Å². The normalized spacial score (nSPS) is 28.7. The number of hydrogen-bond donors (Lipinski definition) is 3. The SMILES string of the molecule is C=C[C@H]1C[C@]1(NC(=O)[C@@H]1C[C@@H]2CN1C(=O)[C@H](C(C)C)CC(=O)NC(C)(C)CCCCc1ccc3cccc(c3c1)O2)C(=O)NS(=O)(=O)C1CC1. The molecule has 0 spiro atoms. The van der Waals surface area contributed by atoms with E-state index in [4.69, 9.17) is 4.74 Å². The van der Waals surface area contributed by atoms with Crippen molar-refractivity contribution in [2.24, 2.45) is 17.8 Å². The van der Waals surface area contributed by atoms with Crippen LogP contribution in [0.5, 0.6) is 5.75 Å². The van der Waals surface area contributed by atoms with E-state index in [9.17, 15) is 27.6 Å². The predicted octanol–water partition coefficient (Wildman–Crippen LogP) is 4.14. The van der Waals surface area contributed by atoms with Crippen molar-refractivity contribution in [1.29, 1.82) is 0 Å². The zero-order valence-electron chi connectivity index (χ0n) is 29.5. The van der Waals surface area contributed by atoms with Gasteiger partial charge in [0.25, 0.3) is 5.91 Å². The van der Waals surface area contributed by atoms with Gasteiger partial charge in [0.2, 0.25) is 27.7 Å². The summed E-state index contributed by atoms with van der Waals surface area (Å²) in [5.74, 6) is -2.67. The number of hydrogen-bond acceptors (Lipinski definition) is 7. The monoisotopic (exact) mass is 706 g/mol. The largest absolute Gasteiger partial charge is 0.488 e. The maximum absolute atomic E-state index is 14.4. The quantitative estimate of drug-likeness (QED) is 0.367. The van der Waals surface area contributed by atoms with Gasteiger partial charge < -0.3 is 20.3 Å². The lowest BCUT2D eigenvalue weighted by Crippen LogP contribution is -2.57. The van der Waals surface area contributed by atoms with Crippen molar-refractivity contribution < 1.29 is 32.3 Å². The number of benzene rings is 2. The Morgan fingerprint density at radius 2 is 1.88 bits per heavy atom. The van der Waals surface area contributed by atoms with Gasteiger partial charge in [0.1, 0.15) is 23.4 Å². The van der Waals surface area contributed by atoms with Crippen molar-refractivity contribution in [3.63, 3.8) is 0 Å². The standard InChI is InChI=1S/C38H50N4O7S/c1-6-26-21-38(26,36(46)41-50(47,48)28-15-16-28)40-34(44)31-19-27-22-42(31)35(45)29(23(2)3)20-33(43)39-37(4,5)17-8-7-10-24-13-14-25-11-9-12-32(49-27)30(25)18-24/h6,9,11-14,18,23,26-29,31H,1,7-8,10,15-17,19-22H2,2-5H3,(H,39,43)(H,40,44)(H,41,46)/t26-,27+,29-,31-,38+/m0/s1. The number of carbonyl (C=O) groups excluding carboxylic acids is 4. The molecular weight excluding hydrogens is 657 g/mol. The van der Waals surface area contributed by atoms with Gasteiger partial charge in [-0.05, 0) is 81.4 Å². The van der Waals surface area contributed by atoms with Crippen LogP contribution in [0.1, 0.15) is 84.6 Å². The van der Waals surface area contributed by atoms with Crippen molar-refractivity contribution in [2.75, 3.05) is 6.54 Å². The number of rotatable bonds is 7. The van der Waals surface area contributed by atoms with Gasteiger partial charge in [-0.15, -0.1) is 6.58 Å². The van der Waals surface area contributed by atoms with Gasteiger partial charge >= 0.3 is 0 Å². The Labute approximate surface area is 295 Å². The van der Waals surface area contributed by atoms with Crippen LogP contribution in [0.15, 0.2) is 49.1 Å². The smallest absolute Gasteiger partial charge is 0.259 e. The lowest BCUT2D eigenvalue weighted by atomic mass is 9.89. The summed E-state index contributed by atoms with van der Waals surface area (Å²) < 4.78 is 34.1. The third kappa shape index (κ3) is 7.55. The maximum Gasteiger partial charge on any atom is 0.259 e. The van der Waals surface area contributed by atoms with Gasteiger partial charge in [0, 0.05) is 35.6 Å². The first-order valence-corrected chi connectivity index (χ1v) is 19.5. The van der Waals surface area contributed by atoms with Crippen LogP contribution in [-0.4, -0.2) is 72.0 Å². The van der Waals surface area contributed by atoms with Crippen LogP contribution in [-0.2, 0) is 35.6 Å². The Kier molecular flexibility index (Phi) is 9.80. The van der Waals surface area contributed by atoms with Crippen molar-refractivity contribution >= 4 is 44.4 Å². The second kappa shape index (κ2) is 13.7. The molecule has 50 heavy (non-hydrogen) atoms. The summed E-state index contributed by atoms with van der Waals surface area (Å²) >= 11 is 0. The lowest BCUT2D eigenvalue weighted by Gasteiger charge is -2.32. The average Bonchev–Trinajstić information content (AvgIpc) is 3.98. The van der Waals surface area contributed by atoms with Crippen molar-refractivity contribution in [1.82, 2.24) is 20.3 Å². The topological polar surface area (TPSA) is 151 Å². The average molecular weight is 707 g/mol. The van der Waals surface area contributed by atoms with Crippen LogP contribution in [0.2, 0.25) is 0 Å². The summed E-state index contributed by atoms with van der Waals surface area (Å²) in [6.07, 6.45) is 5.77. The molecular formula is C38H50N4O7S. The second-order valence-electron chi connectivity index (χ2n) is 15.7. The molecule has 270 valence electrons. The van der Waals surface area contributed by atoms with E-state index in [1.807, 2.05) is 45.9 Å². The molecule has 3 fully saturated rings. The Balaban J connectivity index is 1.32. The Bertz CT molecular complexity index is 1800. The molecule has 1 saturated heterocycles. The first-order valence-electron chi connectivity index (χ1n) is 17.9. The van der Waals surface area contributed by atoms with Crippen molar-refractivity contribution in [3.05, 3.63) is 54.6 Å². The lowest BCUT2D eigenvalue weighted by molar-refractivity contribution is -0.145. The number of carbonyl (C=O) groups is 4. The molecule has 2 aliphatic carbocycles. The fourth-order valence-corrected chi connectivity index (χ4v) is 8.89. The van der Waals surface area contributed by atoms with Crippen LogP contribution in [0.4, 0.5) is 0 Å². The van der Waals surface area contributed by atoms with Crippen molar-refractivity contribution in [2.45, 2.75) is 114 Å². The molecule has 3 N–H and O–H groups in total. The summed E-state index contributed by atoms with van der Waals surface area (Å²) in [5.41, 5.74) is -0.785. The van der Waals surface area contributed by atoms with E-state index in [0.717, 1.165) is 36.5 Å². The molecule has 2 aliphatic heterocycles. The van der Waals surface area contributed by atoms with E-state index in [1.165, 1.54) is 16.5 Å². The number of sulfonamides is 1. The molecule has 4 aliphatic rings. The Hall–Kier alpha value is -3.93. The third-order valence-electron chi connectivity index (χ3n) is 10.8. The van der Waals surface area contributed by atoms with E-state index in [0.29, 0.717) is 18.6 Å². The van der Waals surface area contributed by atoms with Gasteiger partial charge in [-0.25, -0.2) is 8.42 Å². The number of amides is 4. The molecule has 2 heterocycles. The number of fused-ring (bicyclic) bond motifs is 3. The van der Waals surface area contributed by atoms with Gasteiger partial charge in [-0.1, -0.05) is 50.6 Å². The zero-order chi connectivity index (χ0) is 36.0. The minimum atomic E-state index is -3.86. The molecule has 2 saturated carbocycles. The summed E-state index contributed by atoms with van der Waals surface area (Å²) in [5, 5.41) is 7.34. The van der Waals surface area contributed by atoms with E-state index < -0.39 is 62.1 Å². The highest BCUT2D eigenvalue weighted by Crippen LogP contribution is 2.45. The predicted molar refractivity (Wildman–Crippen MR) is 190 cm³/mol. The third-order valence-corrected chi connectivity index (χ3v) is 12.6. The van der Waals surface area contributed by atoms with Crippen LogP contribution in [0, 0.1) is 17.8 Å². The summed E-state index contributed by atoms with van der Waals surface area (Å²) in [7, 11) is -3.86. The fourth-order valence-electron chi connectivity index (χ4n) is 7.53. The number of aryl methyl sites for hydroxylation is 1. The molecule has 2 aromatic carbocycles. The van der Waals surface area contributed by atoms with Crippen LogP contribution in [0.25, 0.3) is 10.8 Å². The van der Waals surface area contributed by atoms with E-state index in [2.05, 4.69) is 40.1 Å². The number of ether oxygens (including phenoxy) is 1. The van der Waals surface area contributed by atoms with Crippen LogP contribution >= 0.6 is 0 Å². The van der Waals surface area contributed by atoms with E-state index in [1.54, 1.807) is 0 Å². The molecule has 4 amide bonds. The Morgan fingerprint density at radius 3 is 2.56 bits per heavy atom. The minimum Gasteiger partial charge on any atom is -0.488 e. The molecule has 0 aromatic heterocycles. The molecule has 11 nitrogen and oxygen atoms in total. The maximum atomic E-state index is 14.4. The number of nitrogens with one attached hydrogen (secondary N) is 3. The highest BCUT2D eigenvalue weighted by atomic mass is 32.2. The Morgan fingerprint density at radius 1 is 1.12 bits per heavy atom. The molecule has 6 rings (SSSR count). The van der Waals surface area contributed by atoms with Gasteiger partial charge in [0.05, 0.1) is 11.8 Å². The van der Waals surface area contributed by atoms with E-state index >= 15 is 0 Å². The molecule has 12 heteroatoms. The number of nitrogens with zero attached hydrogens (tertiary/aromatic N) is 1. The van der Waals surface area contributed by atoms with Gasteiger partial charge in [-0.3, -0.25) is 23.9 Å². The molecule has 2 aromatic rings. The molecule has 5 atom stereocenters.